The summed E-state index contributed by atoms with van der Waals surface area (Å²) in [5, 5.41) is 12.4. The van der Waals surface area contributed by atoms with Gasteiger partial charge in [-0.1, -0.05) is 18.2 Å². The van der Waals surface area contributed by atoms with Crippen LogP contribution in [0.4, 0.5) is 5.82 Å². The van der Waals surface area contributed by atoms with Crippen molar-refractivity contribution in [2.75, 3.05) is 33.1 Å². The van der Waals surface area contributed by atoms with Gasteiger partial charge < -0.3 is 15.0 Å². The zero-order valence-electron chi connectivity index (χ0n) is 13.1. The normalized spacial score (nSPS) is 11.8. The van der Waals surface area contributed by atoms with Crippen molar-refractivity contribution in [3.63, 3.8) is 0 Å². The Morgan fingerprint density at radius 3 is 2.73 bits per heavy atom. The number of para-hydroxylation sites is 1. The third kappa shape index (κ3) is 3.54. The van der Waals surface area contributed by atoms with Crippen molar-refractivity contribution in [1.82, 2.24) is 9.88 Å². The molecule has 0 aliphatic rings. The maximum absolute atomic E-state index is 9.13. The van der Waals surface area contributed by atoms with Gasteiger partial charge in [0.25, 0.3) is 0 Å². The molecule has 0 radical (unpaired) electrons. The molecule has 0 saturated carbocycles. The van der Waals surface area contributed by atoms with Gasteiger partial charge in [0.2, 0.25) is 0 Å². The van der Waals surface area contributed by atoms with Gasteiger partial charge >= 0.3 is 0 Å². The van der Waals surface area contributed by atoms with Crippen molar-refractivity contribution in [1.29, 1.82) is 5.26 Å². The Hall–Kier alpha value is -2.58. The smallest absolute Gasteiger partial charge is 0.143 e. The van der Waals surface area contributed by atoms with E-state index in [4.69, 9.17) is 10.00 Å². The van der Waals surface area contributed by atoms with Crippen LogP contribution < -0.4 is 10.1 Å². The number of nitrogens with zero attached hydrogens (tertiary/aromatic N) is 3. The summed E-state index contributed by atoms with van der Waals surface area (Å²) < 4.78 is 5.45. The molecule has 1 N–H and O–H groups in total. The lowest BCUT2D eigenvalue weighted by Gasteiger charge is -2.26. The van der Waals surface area contributed by atoms with Gasteiger partial charge in [-0.3, -0.25) is 0 Å². The van der Waals surface area contributed by atoms with Gasteiger partial charge in [0.15, 0.2) is 0 Å². The first-order valence-electron chi connectivity index (χ1n) is 7.05. The summed E-state index contributed by atoms with van der Waals surface area (Å²) in [5.74, 6) is 1.45. The Morgan fingerprint density at radius 1 is 1.27 bits per heavy atom. The molecule has 0 amide bonds. The van der Waals surface area contributed by atoms with E-state index in [9.17, 15) is 0 Å². The summed E-state index contributed by atoms with van der Waals surface area (Å²) in [6.45, 7) is 0.624. The number of anilines is 1. The molecule has 1 heterocycles. The predicted octanol–water partition coefficient (Wildman–Crippen LogP) is 2.68. The summed E-state index contributed by atoms with van der Waals surface area (Å²) in [6.07, 6.45) is 1.68. The molecule has 114 valence electrons. The molecule has 1 aromatic heterocycles. The number of rotatable bonds is 6. The zero-order valence-corrected chi connectivity index (χ0v) is 13.1. The van der Waals surface area contributed by atoms with Crippen molar-refractivity contribution in [3.05, 3.63) is 53.7 Å². The number of nitriles is 1. The first kappa shape index (κ1) is 15.8. The molecule has 1 aromatic carbocycles. The number of aromatic nitrogens is 1. The number of methoxy groups -OCH3 is 1. The Balaban J connectivity index is 2.22. The van der Waals surface area contributed by atoms with Crippen LogP contribution in [0.2, 0.25) is 0 Å². The van der Waals surface area contributed by atoms with E-state index in [1.165, 1.54) is 0 Å². The highest BCUT2D eigenvalue weighted by atomic mass is 16.5. The minimum Gasteiger partial charge on any atom is -0.496 e. The van der Waals surface area contributed by atoms with Crippen LogP contribution in [0.5, 0.6) is 5.75 Å². The Kier molecular flexibility index (Phi) is 5.34. The van der Waals surface area contributed by atoms with Gasteiger partial charge in [0.1, 0.15) is 17.6 Å². The highest BCUT2D eigenvalue weighted by molar-refractivity contribution is 5.51. The molecule has 0 saturated heterocycles. The second-order valence-electron chi connectivity index (χ2n) is 5.11. The van der Waals surface area contributed by atoms with Crippen LogP contribution in [0.1, 0.15) is 17.2 Å². The number of likely N-dealkylation sites (N-methyl/N-ethyl adjacent to an activating group) is 1. The molecular formula is C17H20N4O. The average Bonchev–Trinajstić information content (AvgIpc) is 2.55. The summed E-state index contributed by atoms with van der Waals surface area (Å²) in [6, 6.07) is 13.7. The number of ether oxygens (including phenoxy) is 1. The Morgan fingerprint density at radius 2 is 2.05 bits per heavy atom. The lowest BCUT2D eigenvalue weighted by atomic mass is 10.0. The molecule has 0 spiro atoms. The molecule has 2 rings (SSSR count). The van der Waals surface area contributed by atoms with Crippen LogP contribution in [0.3, 0.4) is 0 Å². The minimum atomic E-state index is 0.102. The second-order valence-corrected chi connectivity index (χ2v) is 5.11. The van der Waals surface area contributed by atoms with E-state index >= 15 is 0 Å². The van der Waals surface area contributed by atoms with E-state index in [0.29, 0.717) is 17.9 Å². The second kappa shape index (κ2) is 7.43. The van der Waals surface area contributed by atoms with E-state index in [0.717, 1.165) is 11.3 Å². The monoisotopic (exact) mass is 296 g/mol. The van der Waals surface area contributed by atoms with Crippen molar-refractivity contribution in [3.8, 4) is 11.8 Å². The molecule has 0 aliphatic carbocycles. The van der Waals surface area contributed by atoms with E-state index in [1.807, 2.05) is 32.3 Å². The Labute approximate surface area is 131 Å². The van der Waals surface area contributed by atoms with Crippen molar-refractivity contribution >= 4 is 5.82 Å². The molecular weight excluding hydrogens is 276 g/mol. The summed E-state index contributed by atoms with van der Waals surface area (Å²) in [7, 11) is 5.70. The molecule has 5 heteroatoms. The zero-order chi connectivity index (χ0) is 15.9. The maximum atomic E-state index is 9.13. The third-order valence-corrected chi connectivity index (χ3v) is 3.51. The number of hydrogen-bond acceptors (Lipinski definition) is 5. The van der Waals surface area contributed by atoms with Crippen molar-refractivity contribution in [2.45, 2.75) is 6.04 Å². The van der Waals surface area contributed by atoms with Gasteiger partial charge in [-0.05, 0) is 32.3 Å². The van der Waals surface area contributed by atoms with E-state index in [1.54, 1.807) is 25.4 Å². The molecule has 22 heavy (non-hydrogen) atoms. The summed E-state index contributed by atoms with van der Waals surface area (Å²) in [4.78, 5) is 6.34. The number of pyridine rings is 1. The fraction of sp³-hybridized carbons (Fsp3) is 0.294. The number of nitrogens with one attached hydrogen (secondary N) is 1. The summed E-state index contributed by atoms with van der Waals surface area (Å²) >= 11 is 0. The standard InChI is InChI=1S/C17H20N4O/c1-21(2)15(14-8-4-5-9-16(14)22-3)12-20-17-13(11-18)7-6-10-19-17/h4-10,15H,12H2,1-3H3,(H,19,20)/t15-/m0/s1. The van der Waals surface area contributed by atoms with Gasteiger partial charge in [0, 0.05) is 18.3 Å². The molecule has 5 nitrogen and oxygen atoms in total. The Bertz CT molecular complexity index is 664. The van der Waals surface area contributed by atoms with Crippen molar-refractivity contribution < 1.29 is 4.74 Å². The van der Waals surface area contributed by atoms with Crippen LogP contribution in [0.15, 0.2) is 42.6 Å². The van der Waals surface area contributed by atoms with E-state index < -0.39 is 0 Å². The first-order chi connectivity index (χ1) is 10.7. The lowest BCUT2D eigenvalue weighted by Crippen LogP contribution is -2.27. The molecule has 0 fully saturated rings. The quantitative estimate of drug-likeness (QED) is 0.888. The molecule has 0 aliphatic heterocycles. The minimum absolute atomic E-state index is 0.102. The fourth-order valence-electron chi connectivity index (χ4n) is 2.34. The third-order valence-electron chi connectivity index (χ3n) is 3.51. The van der Waals surface area contributed by atoms with Crippen LogP contribution in [-0.2, 0) is 0 Å². The highest BCUT2D eigenvalue weighted by Crippen LogP contribution is 2.28. The topological polar surface area (TPSA) is 61.2 Å². The summed E-state index contributed by atoms with van der Waals surface area (Å²) in [5.41, 5.74) is 1.64. The number of hydrogen-bond donors (Lipinski definition) is 1. The van der Waals surface area contributed by atoms with E-state index in [2.05, 4.69) is 27.3 Å². The van der Waals surface area contributed by atoms with Crippen LogP contribution >= 0.6 is 0 Å². The number of benzene rings is 1. The SMILES string of the molecule is COc1ccccc1[C@H](CNc1ncccc1C#N)N(C)C. The molecule has 0 bridgehead atoms. The first-order valence-corrected chi connectivity index (χ1v) is 7.05. The van der Waals surface area contributed by atoms with Crippen LogP contribution in [0.25, 0.3) is 0 Å². The fourth-order valence-corrected chi connectivity index (χ4v) is 2.34. The van der Waals surface area contributed by atoms with Gasteiger partial charge in [-0.15, -0.1) is 0 Å². The van der Waals surface area contributed by atoms with Gasteiger partial charge in [0.05, 0.1) is 18.7 Å². The van der Waals surface area contributed by atoms with E-state index in [-0.39, 0.29) is 6.04 Å². The molecule has 2 aromatic rings. The van der Waals surface area contributed by atoms with Crippen molar-refractivity contribution in [2.24, 2.45) is 0 Å². The van der Waals surface area contributed by atoms with Crippen LogP contribution in [0, 0.1) is 11.3 Å². The largest absolute Gasteiger partial charge is 0.496 e. The molecule has 1 atom stereocenters. The highest BCUT2D eigenvalue weighted by Gasteiger charge is 2.18. The average molecular weight is 296 g/mol. The van der Waals surface area contributed by atoms with Crippen LogP contribution in [-0.4, -0.2) is 37.6 Å². The lowest BCUT2D eigenvalue weighted by molar-refractivity contribution is 0.300. The van der Waals surface area contributed by atoms with Gasteiger partial charge in [-0.2, -0.15) is 5.26 Å². The predicted molar refractivity (Wildman–Crippen MR) is 86.9 cm³/mol. The molecule has 0 unspecified atom stereocenters. The maximum Gasteiger partial charge on any atom is 0.143 e. The van der Waals surface area contributed by atoms with Gasteiger partial charge in [-0.25, -0.2) is 4.98 Å².